The number of nitrogens with two attached hydrogens (primary N) is 1. The van der Waals surface area contributed by atoms with E-state index in [0.29, 0.717) is 13.1 Å². The molecule has 1 fully saturated rings. The summed E-state index contributed by atoms with van der Waals surface area (Å²) >= 11 is 0. The van der Waals surface area contributed by atoms with Crippen LogP contribution >= 0.6 is 0 Å². The van der Waals surface area contributed by atoms with Gasteiger partial charge in [0.05, 0.1) is 0 Å². The number of piperazine rings is 1. The second-order valence-corrected chi connectivity index (χ2v) is 6.50. The number of nitrogens with zero attached hydrogens (tertiary/aromatic N) is 3. The van der Waals surface area contributed by atoms with Crippen LogP contribution in [0.2, 0.25) is 0 Å². The van der Waals surface area contributed by atoms with Crippen LogP contribution in [0.1, 0.15) is 18.1 Å². The van der Waals surface area contributed by atoms with Gasteiger partial charge in [-0.15, -0.1) is 0 Å². The summed E-state index contributed by atoms with van der Waals surface area (Å²) in [4.78, 5) is 21.2. The van der Waals surface area contributed by atoms with Crippen molar-refractivity contribution >= 4 is 5.91 Å². The molecule has 24 heavy (non-hydrogen) atoms. The zero-order valence-electron chi connectivity index (χ0n) is 14.1. The van der Waals surface area contributed by atoms with Crippen molar-refractivity contribution in [2.45, 2.75) is 19.0 Å². The Balaban J connectivity index is 1.59. The second-order valence-electron chi connectivity index (χ2n) is 6.50. The number of carbonyl (C=O) groups excluding carboxylic acids is 1. The third-order valence-electron chi connectivity index (χ3n) is 4.61. The number of pyridine rings is 1. The van der Waals surface area contributed by atoms with Gasteiger partial charge < -0.3 is 10.6 Å². The molecule has 1 saturated heterocycles. The number of hydrogen-bond donors (Lipinski definition) is 1. The average molecular weight is 324 g/mol. The van der Waals surface area contributed by atoms with Gasteiger partial charge in [-0.1, -0.05) is 36.4 Å². The van der Waals surface area contributed by atoms with Crippen molar-refractivity contribution in [2.24, 2.45) is 5.73 Å². The molecule has 1 atom stereocenters. The van der Waals surface area contributed by atoms with E-state index in [2.05, 4.69) is 16.0 Å². The van der Waals surface area contributed by atoms with Gasteiger partial charge in [-0.2, -0.15) is 0 Å². The van der Waals surface area contributed by atoms with Crippen molar-refractivity contribution in [3.8, 4) is 0 Å². The normalized spacial score (nSPS) is 18.2. The Bertz CT molecular complexity index is 664. The zero-order valence-corrected chi connectivity index (χ0v) is 14.1. The molecule has 3 rings (SSSR count). The maximum Gasteiger partial charge on any atom is 0.247 e. The van der Waals surface area contributed by atoms with E-state index >= 15 is 0 Å². The first kappa shape index (κ1) is 16.6. The Hall–Kier alpha value is -2.24. The van der Waals surface area contributed by atoms with Gasteiger partial charge in [-0.3, -0.25) is 14.7 Å². The highest BCUT2D eigenvalue weighted by atomic mass is 16.2. The van der Waals surface area contributed by atoms with Crippen molar-refractivity contribution in [3.05, 3.63) is 66.0 Å². The molecule has 0 saturated carbocycles. The molecule has 1 aliphatic rings. The highest BCUT2D eigenvalue weighted by molar-refractivity contribution is 5.87. The van der Waals surface area contributed by atoms with Gasteiger partial charge in [-0.05, 0) is 24.1 Å². The zero-order chi connectivity index (χ0) is 17.0. The predicted octanol–water partition coefficient (Wildman–Crippen LogP) is 1.60. The van der Waals surface area contributed by atoms with Crippen LogP contribution in [0.5, 0.6) is 0 Å². The van der Waals surface area contributed by atoms with Gasteiger partial charge in [0.15, 0.2) is 0 Å². The molecule has 2 aromatic rings. The molecular formula is C19H24N4O. The molecule has 1 amide bonds. The Morgan fingerprint density at radius 1 is 1.12 bits per heavy atom. The minimum Gasteiger partial charge on any atom is -0.338 e. The topological polar surface area (TPSA) is 62.5 Å². The Morgan fingerprint density at radius 2 is 1.83 bits per heavy atom. The van der Waals surface area contributed by atoms with Crippen LogP contribution < -0.4 is 5.73 Å². The van der Waals surface area contributed by atoms with Gasteiger partial charge in [0, 0.05) is 45.1 Å². The number of amides is 1. The van der Waals surface area contributed by atoms with Crippen molar-refractivity contribution in [1.29, 1.82) is 0 Å². The van der Waals surface area contributed by atoms with Crippen LogP contribution in [-0.4, -0.2) is 46.9 Å². The molecule has 1 aromatic carbocycles. The number of aromatic nitrogens is 1. The van der Waals surface area contributed by atoms with Crippen LogP contribution in [0.4, 0.5) is 0 Å². The summed E-state index contributed by atoms with van der Waals surface area (Å²) in [6.45, 7) is 5.79. The summed E-state index contributed by atoms with van der Waals surface area (Å²) < 4.78 is 0. The van der Waals surface area contributed by atoms with Gasteiger partial charge in [0.2, 0.25) is 5.91 Å². The van der Waals surface area contributed by atoms with E-state index in [0.717, 1.165) is 25.2 Å². The fourth-order valence-corrected chi connectivity index (χ4v) is 3.10. The molecule has 126 valence electrons. The quantitative estimate of drug-likeness (QED) is 0.928. The van der Waals surface area contributed by atoms with Crippen LogP contribution in [0.25, 0.3) is 0 Å². The Morgan fingerprint density at radius 3 is 2.46 bits per heavy atom. The van der Waals surface area contributed by atoms with E-state index in [1.807, 2.05) is 47.5 Å². The van der Waals surface area contributed by atoms with E-state index in [1.54, 1.807) is 13.1 Å². The number of hydrogen-bond acceptors (Lipinski definition) is 4. The maximum atomic E-state index is 12.9. The van der Waals surface area contributed by atoms with E-state index in [9.17, 15) is 4.79 Å². The molecular weight excluding hydrogens is 300 g/mol. The van der Waals surface area contributed by atoms with E-state index < -0.39 is 5.54 Å². The monoisotopic (exact) mass is 324 g/mol. The van der Waals surface area contributed by atoms with Crippen molar-refractivity contribution < 1.29 is 4.79 Å². The first-order valence-electron chi connectivity index (χ1n) is 8.32. The molecule has 2 N–H and O–H groups in total. The number of carbonyl (C=O) groups is 1. The van der Waals surface area contributed by atoms with Crippen LogP contribution in [0.3, 0.4) is 0 Å². The standard InChI is InChI=1S/C19H24N4O/c1-19(20,17-7-3-2-4-8-17)18(24)23-12-10-22(11-13-23)15-16-6-5-9-21-14-16/h2-9,14H,10-13,15,20H2,1H3. The summed E-state index contributed by atoms with van der Waals surface area (Å²) in [7, 11) is 0. The van der Waals surface area contributed by atoms with Crippen molar-refractivity contribution in [2.75, 3.05) is 26.2 Å². The maximum absolute atomic E-state index is 12.9. The summed E-state index contributed by atoms with van der Waals surface area (Å²) in [6, 6.07) is 13.6. The minimum absolute atomic E-state index is 0.00488. The Kier molecular flexibility index (Phi) is 4.92. The van der Waals surface area contributed by atoms with Gasteiger partial charge in [-0.25, -0.2) is 0 Å². The first-order valence-corrected chi connectivity index (χ1v) is 8.32. The molecule has 1 aromatic heterocycles. The lowest BCUT2D eigenvalue weighted by atomic mass is 9.91. The van der Waals surface area contributed by atoms with Crippen LogP contribution in [0, 0.1) is 0 Å². The number of rotatable bonds is 4. The molecule has 1 aliphatic heterocycles. The molecule has 5 nitrogen and oxygen atoms in total. The fraction of sp³-hybridized carbons (Fsp3) is 0.368. The lowest BCUT2D eigenvalue weighted by Gasteiger charge is -2.38. The third-order valence-corrected chi connectivity index (χ3v) is 4.61. The fourth-order valence-electron chi connectivity index (χ4n) is 3.10. The second kappa shape index (κ2) is 7.11. The van der Waals surface area contributed by atoms with E-state index in [4.69, 9.17) is 5.73 Å². The lowest BCUT2D eigenvalue weighted by molar-refractivity contribution is -0.138. The summed E-state index contributed by atoms with van der Waals surface area (Å²) in [5, 5.41) is 0. The molecule has 2 heterocycles. The van der Waals surface area contributed by atoms with Gasteiger partial charge >= 0.3 is 0 Å². The third kappa shape index (κ3) is 3.63. The molecule has 0 bridgehead atoms. The lowest BCUT2D eigenvalue weighted by Crippen LogP contribution is -2.56. The van der Waals surface area contributed by atoms with Crippen molar-refractivity contribution in [1.82, 2.24) is 14.8 Å². The van der Waals surface area contributed by atoms with Crippen LogP contribution in [0.15, 0.2) is 54.9 Å². The Labute approximate surface area is 143 Å². The van der Waals surface area contributed by atoms with E-state index in [-0.39, 0.29) is 5.91 Å². The molecule has 1 unspecified atom stereocenters. The molecule has 0 aliphatic carbocycles. The smallest absolute Gasteiger partial charge is 0.247 e. The van der Waals surface area contributed by atoms with Crippen LogP contribution in [-0.2, 0) is 16.9 Å². The summed E-state index contributed by atoms with van der Waals surface area (Å²) in [5.41, 5.74) is 7.43. The highest BCUT2D eigenvalue weighted by Gasteiger charge is 2.35. The number of benzene rings is 1. The van der Waals surface area contributed by atoms with Gasteiger partial charge in [0.25, 0.3) is 0 Å². The molecule has 0 radical (unpaired) electrons. The highest BCUT2D eigenvalue weighted by Crippen LogP contribution is 2.21. The van der Waals surface area contributed by atoms with E-state index in [1.165, 1.54) is 5.56 Å². The predicted molar refractivity (Wildman–Crippen MR) is 94.1 cm³/mol. The molecule has 0 spiro atoms. The van der Waals surface area contributed by atoms with Crippen molar-refractivity contribution in [3.63, 3.8) is 0 Å². The van der Waals surface area contributed by atoms with Gasteiger partial charge in [0.1, 0.15) is 5.54 Å². The molecule has 5 heteroatoms. The first-order chi connectivity index (χ1) is 11.6. The SMILES string of the molecule is CC(N)(C(=O)N1CCN(Cc2cccnc2)CC1)c1ccccc1. The minimum atomic E-state index is -0.979. The summed E-state index contributed by atoms with van der Waals surface area (Å²) in [6.07, 6.45) is 3.68. The largest absolute Gasteiger partial charge is 0.338 e. The average Bonchev–Trinajstić information content (AvgIpc) is 2.63. The summed E-state index contributed by atoms with van der Waals surface area (Å²) in [5.74, 6) is -0.00488.